The molecule has 0 bridgehead atoms. The van der Waals surface area contributed by atoms with Crippen molar-refractivity contribution in [1.82, 2.24) is 10.2 Å². The molecule has 176 valence electrons. The lowest BCUT2D eigenvalue weighted by Crippen LogP contribution is -2.50. The summed E-state index contributed by atoms with van der Waals surface area (Å²) < 4.78 is 66.4. The van der Waals surface area contributed by atoms with Gasteiger partial charge in [0, 0.05) is 12.1 Å². The molecule has 5 nitrogen and oxygen atoms in total. The molecule has 2 aliphatic heterocycles. The molecule has 1 fully saturated rings. The summed E-state index contributed by atoms with van der Waals surface area (Å²) in [6.45, 7) is -0.748. The summed E-state index contributed by atoms with van der Waals surface area (Å²) in [7, 11) is 0. The van der Waals surface area contributed by atoms with E-state index >= 15 is 0 Å². The number of amides is 2. The van der Waals surface area contributed by atoms with Gasteiger partial charge >= 0.3 is 6.18 Å². The Balaban J connectivity index is 1.56. The second-order valence-electron chi connectivity index (χ2n) is 8.38. The average Bonchev–Trinajstić information content (AvgIpc) is 3.00. The monoisotopic (exact) mass is 467 g/mol. The molecular formula is C23H22F5N3O2. The molecule has 2 aromatic carbocycles. The molecule has 1 N–H and O–H groups in total. The average molecular weight is 467 g/mol. The Bertz CT molecular complexity index is 1050. The van der Waals surface area contributed by atoms with Crippen LogP contribution in [0.1, 0.15) is 24.0 Å². The van der Waals surface area contributed by atoms with E-state index in [9.17, 15) is 31.5 Å². The van der Waals surface area contributed by atoms with E-state index in [0.29, 0.717) is 19.6 Å². The first-order valence-corrected chi connectivity index (χ1v) is 10.5. The number of carbonyl (C=O) groups is 2. The molecule has 0 unspecified atom stereocenters. The van der Waals surface area contributed by atoms with E-state index in [4.69, 9.17) is 0 Å². The van der Waals surface area contributed by atoms with Gasteiger partial charge in [-0.3, -0.25) is 14.5 Å². The van der Waals surface area contributed by atoms with Crippen molar-refractivity contribution in [2.75, 3.05) is 31.1 Å². The lowest BCUT2D eigenvalue weighted by atomic mass is 9.73. The third-order valence-electron chi connectivity index (χ3n) is 6.24. The van der Waals surface area contributed by atoms with Crippen LogP contribution in [0.4, 0.5) is 27.6 Å². The van der Waals surface area contributed by atoms with Gasteiger partial charge in [-0.05, 0) is 43.6 Å². The standard InChI is InChI=1S/C23H22F5N3O2/c24-16-6-7-17-19(20(16)25)22(21(33)31(17)13-18(32)29-14-23(26,27)28)8-10-30(11-9-22)12-15-4-2-1-3-5-15/h1-7H,8-14H2,(H,29,32). The summed E-state index contributed by atoms with van der Waals surface area (Å²) in [5.74, 6) is -3.90. The number of nitrogens with zero attached hydrogens (tertiary/aromatic N) is 2. The number of likely N-dealkylation sites (tertiary alicyclic amines) is 1. The molecule has 0 atom stereocenters. The molecule has 0 aliphatic carbocycles. The molecule has 0 aromatic heterocycles. The molecule has 1 spiro atoms. The molecule has 1 saturated heterocycles. The van der Waals surface area contributed by atoms with Crippen molar-refractivity contribution < 1.29 is 31.5 Å². The molecule has 0 radical (unpaired) electrons. The lowest BCUT2D eigenvalue weighted by molar-refractivity contribution is -0.138. The molecule has 0 saturated carbocycles. The highest BCUT2D eigenvalue weighted by Gasteiger charge is 2.54. The lowest BCUT2D eigenvalue weighted by Gasteiger charge is -2.38. The molecule has 2 amide bonds. The Hall–Kier alpha value is -3.01. The van der Waals surface area contributed by atoms with Gasteiger partial charge in [-0.2, -0.15) is 13.2 Å². The third kappa shape index (κ3) is 4.57. The van der Waals surface area contributed by atoms with Gasteiger partial charge in [0.25, 0.3) is 0 Å². The van der Waals surface area contributed by atoms with Crippen LogP contribution in [0.15, 0.2) is 42.5 Å². The second-order valence-corrected chi connectivity index (χ2v) is 8.38. The van der Waals surface area contributed by atoms with Crippen LogP contribution in [-0.4, -0.2) is 49.1 Å². The van der Waals surface area contributed by atoms with Crippen molar-refractivity contribution in [3.63, 3.8) is 0 Å². The predicted octanol–water partition coefficient (Wildman–Crippen LogP) is 3.52. The number of anilines is 1. The summed E-state index contributed by atoms with van der Waals surface area (Å²) in [5, 5.41) is 1.72. The number of hydrogen-bond donors (Lipinski definition) is 1. The van der Waals surface area contributed by atoms with Crippen LogP contribution in [-0.2, 0) is 21.5 Å². The maximum absolute atomic E-state index is 14.9. The van der Waals surface area contributed by atoms with Gasteiger partial charge in [0.05, 0.1) is 11.1 Å². The Labute approximate surface area is 187 Å². The SMILES string of the molecule is O=C(CN1C(=O)C2(CCN(Cc3ccccc3)CC2)c2c1ccc(F)c2F)NCC(F)(F)F. The summed E-state index contributed by atoms with van der Waals surface area (Å²) in [6.07, 6.45) is -4.20. The predicted molar refractivity (Wildman–Crippen MR) is 110 cm³/mol. The van der Waals surface area contributed by atoms with Crippen molar-refractivity contribution in [3.8, 4) is 0 Å². The topological polar surface area (TPSA) is 52.7 Å². The Morgan fingerprint density at radius 2 is 1.70 bits per heavy atom. The van der Waals surface area contributed by atoms with Crippen LogP contribution in [0.25, 0.3) is 0 Å². The van der Waals surface area contributed by atoms with Crippen LogP contribution >= 0.6 is 0 Å². The number of fused-ring (bicyclic) bond motifs is 2. The largest absolute Gasteiger partial charge is 0.405 e. The van der Waals surface area contributed by atoms with Gasteiger partial charge in [0.1, 0.15) is 13.1 Å². The highest BCUT2D eigenvalue weighted by atomic mass is 19.4. The maximum Gasteiger partial charge on any atom is 0.405 e. The van der Waals surface area contributed by atoms with E-state index in [-0.39, 0.29) is 24.1 Å². The Kier molecular flexibility index (Phi) is 6.13. The van der Waals surface area contributed by atoms with Crippen LogP contribution in [0, 0.1) is 11.6 Å². The fourth-order valence-corrected chi connectivity index (χ4v) is 4.65. The normalized spacial score (nSPS) is 18.0. The van der Waals surface area contributed by atoms with Gasteiger partial charge < -0.3 is 10.2 Å². The molecule has 4 rings (SSSR count). The molecule has 10 heteroatoms. The van der Waals surface area contributed by atoms with E-state index in [1.807, 2.05) is 30.3 Å². The highest BCUT2D eigenvalue weighted by molar-refractivity contribution is 6.10. The van der Waals surface area contributed by atoms with Crippen LogP contribution in [0.5, 0.6) is 0 Å². The van der Waals surface area contributed by atoms with Gasteiger partial charge in [-0.15, -0.1) is 0 Å². The van der Waals surface area contributed by atoms with Crippen molar-refractivity contribution >= 4 is 17.5 Å². The number of alkyl halides is 3. The number of benzene rings is 2. The van der Waals surface area contributed by atoms with E-state index in [1.54, 1.807) is 5.32 Å². The fourth-order valence-electron chi connectivity index (χ4n) is 4.65. The van der Waals surface area contributed by atoms with Crippen LogP contribution in [0.2, 0.25) is 0 Å². The minimum Gasteiger partial charge on any atom is -0.345 e. The van der Waals surface area contributed by atoms with Gasteiger partial charge in [-0.1, -0.05) is 30.3 Å². The number of piperidine rings is 1. The second kappa shape index (κ2) is 8.74. The van der Waals surface area contributed by atoms with Gasteiger partial charge in [0.15, 0.2) is 11.6 Å². The molecular weight excluding hydrogens is 445 g/mol. The molecule has 2 aromatic rings. The van der Waals surface area contributed by atoms with Crippen molar-refractivity contribution in [2.45, 2.75) is 31.0 Å². The number of hydrogen-bond acceptors (Lipinski definition) is 3. The molecule has 2 aliphatic rings. The number of rotatable bonds is 5. The van der Waals surface area contributed by atoms with E-state index in [2.05, 4.69) is 4.90 Å². The smallest absolute Gasteiger partial charge is 0.345 e. The number of carbonyl (C=O) groups excluding carboxylic acids is 2. The molecule has 33 heavy (non-hydrogen) atoms. The third-order valence-corrected chi connectivity index (χ3v) is 6.24. The Morgan fingerprint density at radius 3 is 2.33 bits per heavy atom. The maximum atomic E-state index is 14.9. The van der Waals surface area contributed by atoms with E-state index in [1.165, 1.54) is 6.07 Å². The first kappa shape index (κ1) is 23.2. The zero-order valence-corrected chi connectivity index (χ0v) is 17.6. The van der Waals surface area contributed by atoms with Gasteiger partial charge in [-0.25, -0.2) is 8.78 Å². The Morgan fingerprint density at radius 1 is 1.03 bits per heavy atom. The highest BCUT2D eigenvalue weighted by Crippen LogP contribution is 2.49. The zero-order chi connectivity index (χ0) is 23.8. The summed E-state index contributed by atoms with van der Waals surface area (Å²) >= 11 is 0. The first-order valence-electron chi connectivity index (χ1n) is 10.5. The van der Waals surface area contributed by atoms with Crippen molar-refractivity contribution in [2.24, 2.45) is 0 Å². The summed E-state index contributed by atoms with van der Waals surface area (Å²) in [4.78, 5) is 28.6. The van der Waals surface area contributed by atoms with Gasteiger partial charge in [0.2, 0.25) is 11.8 Å². The van der Waals surface area contributed by atoms with E-state index < -0.39 is 48.1 Å². The fraction of sp³-hybridized carbons (Fsp3) is 0.391. The first-order chi connectivity index (χ1) is 15.6. The minimum absolute atomic E-state index is 0.0255. The quantitative estimate of drug-likeness (QED) is 0.685. The number of nitrogens with one attached hydrogen (secondary N) is 1. The number of halogens is 5. The van der Waals surface area contributed by atoms with Crippen molar-refractivity contribution in [1.29, 1.82) is 0 Å². The van der Waals surface area contributed by atoms with Crippen molar-refractivity contribution in [3.05, 3.63) is 65.2 Å². The summed E-state index contributed by atoms with van der Waals surface area (Å²) in [5.41, 5.74) is -0.376. The zero-order valence-electron chi connectivity index (χ0n) is 17.6. The van der Waals surface area contributed by atoms with Crippen LogP contribution in [0.3, 0.4) is 0 Å². The molecule has 2 heterocycles. The van der Waals surface area contributed by atoms with E-state index in [0.717, 1.165) is 16.5 Å². The van der Waals surface area contributed by atoms with Crippen LogP contribution < -0.4 is 10.2 Å². The minimum atomic E-state index is -4.61. The summed E-state index contributed by atoms with van der Waals surface area (Å²) in [6, 6.07) is 11.7.